The molecule has 0 radical (unpaired) electrons. The van der Waals surface area contributed by atoms with Crippen molar-refractivity contribution in [2.45, 2.75) is 26.4 Å². The third-order valence-electron chi connectivity index (χ3n) is 2.04. The predicted octanol–water partition coefficient (Wildman–Crippen LogP) is 2.07. The molecule has 0 fully saturated rings. The van der Waals surface area contributed by atoms with Gasteiger partial charge in [0.05, 0.1) is 6.07 Å². The van der Waals surface area contributed by atoms with Crippen molar-refractivity contribution in [3.8, 4) is 6.07 Å². The Bertz CT molecular complexity index is 270. The van der Waals surface area contributed by atoms with Gasteiger partial charge in [-0.15, -0.1) is 0 Å². The van der Waals surface area contributed by atoms with Crippen molar-refractivity contribution in [1.29, 1.82) is 5.26 Å². The SMILES string of the molecule is CC(=O)C(C)(C#N)CCOCC(F)(F)F. The van der Waals surface area contributed by atoms with Crippen molar-refractivity contribution in [3.63, 3.8) is 0 Å². The van der Waals surface area contributed by atoms with Crippen LogP contribution in [0, 0.1) is 16.7 Å². The quantitative estimate of drug-likeness (QED) is 0.670. The van der Waals surface area contributed by atoms with E-state index >= 15 is 0 Å². The molecule has 0 aliphatic carbocycles. The molecule has 0 aliphatic heterocycles. The third kappa shape index (κ3) is 5.37. The van der Waals surface area contributed by atoms with Crippen LogP contribution in [0.2, 0.25) is 0 Å². The van der Waals surface area contributed by atoms with Crippen LogP contribution >= 0.6 is 0 Å². The Labute approximate surface area is 85.8 Å². The summed E-state index contributed by atoms with van der Waals surface area (Å²) in [4.78, 5) is 11.0. The molecule has 0 aromatic heterocycles. The van der Waals surface area contributed by atoms with Crippen LogP contribution < -0.4 is 0 Å². The van der Waals surface area contributed by atoms with Crippen LogP contribution in [-0.2, 0) is 9.53 Å². The molecule has 0 N–H and O–H groups in total. The van der Waals surface area contributed by atoms with E-state index in [1.807, 2.05) is 0 Å². The molecule has 86 valence electrons. The molecule has 0 aliphatic rings. The Morgan fingerprint density at radius 1 is 1.47 bits per heavy atom. The first-order chi connectivity index (χ1) is 6.71. The molecule has 0 spiro atoms. The first-order valence-corrected chi connectivity index (χ1v) is 4.28. The smallest absolute Gasteiger partial charge is 0.372 e. The average Bonchev–Trinajstić information content (AvgIpc) is 2.10. The minimum atomic E-state index is -4.38. The molecule has 1 unspecified atom stereocenters. The lowest BCUT2D eigenvalue weighted by atomic mass is 9.85. The maximum atomic E-state index is 11.7. The summed E-state index contributed by atoms with van der Waals surface area (Å²) in [6, 6.07) is 1.76. The van der Waals surface area contributed by atoms with Gasteiger partial charge in [-0.2, -0.15) is 18.4 Å². The highest BCUT2D eigenvalue weighted by atomic mass is 19.4. The van der Waals surface area contributed by atoms with Crippen LogP contribution in [0.3, 0.4) is 0 Å². The van der Waals surface area contributed by atoms with Crippen LogP contribution in [0.15, 0.2) is 0 Å². The number of halogens is 3. The second kappa shape index (κ2) is 5.12. The molecule has 0 amide bonds. The lowest BCUT2D eigenvalue weighted by Crippen LogP contribution is -2.26. The van der Waals surface area contributed by atoms with Gasteiger partial charge in [0, 0.05) is 6.61 Å². The highest BCUT2D eigenvalue weighted by molar-refractivity contribution is 5.84. The molecule has 0 bridgehead atoms. The van der Waals surface area contributed by atoms with E-state index in [0.717, 1.165) is 0 Å². The van der Waals surface area contributed by atoms with E-state index in [9.17, 15) is 18.0 Å². The largest absolute Gasteiger partial charge is 0.411 e. The van der Waals surface area contributed by atoms with Gasteiger partial charge in [-0.1, -0.05) is 0 Å². The first-order valence-electron chi connectivity index (χ1n) is 4.28. The minimum absolute atomic E-state index is 0.0328. The van der Waals surface area contributed by atoms with Gasteiger partial charge < -0.3 is 4.74 Å². The number of nitrogens with zero attached hydrogens (tertiary/aromatic N) is 1. The number of rotatable bonds is 5. The molecule has 0 saturated heterocycles. The summed E-state index contributed by atoms with van der Waals surface area (Å²) in [6.45, 7) is 0.995. The van der Waals surface area contributed by atoms with Gasteiger partial charge in [0.1, 0.15) is 17.8 Å². The number of hydrogen-bond donors (Lipinski definition) is 0. The minimum Gasteiger partial charge on any atom is -0.372 e. The topological polar surface area (TPSA) is 50.1 Å². The summed E-state index contributed by atoms with van der Waals surface area (Å²) in [5.74, 6) is -0.374. The predicted molar refractivity (Wildman–Crippen MR) is 45.9 cm³/mol. The highest BCUT2D eigenvalue weighted by Gasteiger charge is 2.31. The van der Waals surface area contributed by atoms with E-state index in [1.165, 1.54) is 13.8 Å². The van der Waals surface area contributed by atoms with Crippen LogP contribution in [0.25, 0.3) is 0 Å². The summed E-state index contributed by atoms with van der Waals surface area (Å²) in [7, 11) is 0. The second-order valence-corrected chi connectivity index (χ2v) is 3.42. The number of carbonyl (C=O) groups excluding carboxylic acids is 1. The second-order valence-electron chi connectivity index (χ2n) is 3.42. The van der Waals surface area contributed by atoms with Gasteiger partial charge in [-0.25, -0.2) is 0 Å². The molecule has 15 heavy (non-hydrogen) atoms. The number of nitriles is 1. The molecular weight excluding hydrogens is 211 g/mol. The Kier molecular flexibility index (Phi) is 4.75. The standard InChI is InChI=1S/C9H12F3NO2/c1-7(14)8(2,5-13)3-4-15-6-9(10,11)12/h3-4,6H2,1-2H3. The fourth-order valence-corrected chi connectivity index (χ4v) is 0.775. The zero-order chi connectivity index (χ0) is 12.1. The molecule has 0 heterocycles. The number of Topliss-reactive ketones (excluding diaryl/α,β-unsaturated/α-hetero) is 1. The van der Waals surface area contributed by atoms with Crippen LogP contribution in [0.1, 0.15) is 20.3 Å². The summed E-state index contributed by atoms with van der Waals surface area (Å²) < 4.78 is 39.3. The van der Waals surface area contributed by atoms with E-state index in [2.05, 4.69) is 4.74 Å². The van der Waals surface area contributed by atoms with Gasteiger partial charge in [-0.3, -0.25) is 4.79 Å². The van der Waals surface area contributed by atoms with Crippen molar-refractivity contribution in [2.75, 3.05) is 13.2 Å². The molecule has 0 aromatic rings. The van der Waals surface area contributed by atoms with Crippen molar-refractivity contribution < 1.29 is 22.7 Å². The van der Waals surface area contributed by atoms with E-state index in [1.54, 1.807) is 6.07 Å². The van der Waals surface area contributed by atoms with Gasteiger partial charge in [0.2, 0.25) is 0 Å². The number of alkyl halides is 3. The summed E-state index contributed by atoms with van der Waals surface area (Å²) in [6.07, 6.45) is -4.41. The summed E-state index contributed by atoms with van der Waals surface area (Å²) in [5, 5.41) is 8.67. The van der Waals surface area contributed by atoms with E-state index < -0.39 is 18.2 Å². The van der Waals surface area contributed by atoms with Crippen LogP contribution in [-0.4, -0.2) is 25.2 Å². The van der Waals surface area contributed by atoms with Crippen LogP contribution in [0.4, 0.5) is 13.2 Å². The van der Waals surface area contributed by atoms with Gasteiger partial charge in [0.15, 0.2) is 0 Å². The van der Waals surface area contributed by atoms with Crippen molar-refractivity contribution in [3.05, 3.63) is 0 Å². The fourth-order valence-electron chi connectivity index (χ4n) is 0.775. The summed E-state index contributed by atoms with van der Waals surface area (Å²) >= 11 is 0. The van der Waals surface area contributed by atoms with Gasteiger partial charge in [-0.05, 0) is 20.3 Å². The Balaban J connectivity index is 3.96. The Morgan fingerprint density at radius 3 is 2.33 bits per heavy atom. The molecular formula is C9H12F3NO2. The van der Waals surface area contributed by atoms with Crippen molar-refractivity contribution in [2.24, 2.45) is 5.41 Å². The fraction of sp³-hybridized carbons (Fsp3) is 0.778. The number of ether oxygens (including phenoxy) is 1. The zero-order valence-electron chi connectivity index (χ0n) is 8.52. The summed E-state index contributed by atoms with van der Waals surface area (Å²) in [5.41, 5.74) is -1.26. The average molecular weight is 223 g/mol. The Hall–Kier alpha value is -1.09. The van der Waals surface area contributed by atoms with Crippen molar-refractivity contribution >= 4 is 5.78 Å². The molecule has 1 atom stereocenters. The van der Waals surface area contributed by atoms with Crippen LogP contribution in [0.5, 0.6) is 0 Å². The first kappa shape index (κ1) is 13.9. The third-order valence-corrected chi connectivity index (χ3v) is 2.04. The number of ketones is 1. The van der Waals surface area contributed by atoms with E-state index in [4.69, 9.17) is 5.26 Å². The number of hydrogen-bond acceptors (Lipinski definition) is 3. The normalized spacial score (nSPS) is 15.5. The lowest BCUT2D eigenvalue weighted by molar-refractivity contribution is -0.175. The maximum absolute atomic E-state index is 11.7. The molecule has 0 saturated carbocycles. The van der Waals surface area contributed by atoms with E-state index in [0.29, 0.717) is 0 Å². The Morgan fingerprint density at radius 2 is 2.00 bits per heavy atom. The van der Waals surface area contributed by atoms with Gasteiger partial charge in [0.25, 0.3) is 0 Å². The maximum Gasteiger partial charge on any atom is 0.411 e. The van der Waals surface area contributed by atoms with Gasteiger partial charge >= 0.3 is 6.18 Å². The van der Waals surface area contributed by atoms with Crippen molar-refractivity contribution in [1.82, 2.24) is 0 Å². The molecule has 0 rings (SSSR count). The lowest BCUT2D eigenvalue weighted by Gasteiger charge is -2.17. The zero-order valence-corrected chi connectivity index (χ0v) is 8.52. The molecule has 6 heteroatoms. The molecule has 3 nitrogen and oxygen atoms in total. The number of carbonyl (C=O) groups is 1. The monoisotopic (exact) mass is 223 g/mol. The highest BCUT2D eigenvalue weighted by Crippen LogP contribution is 2.22. The van der Waals surface area contributed by atoms with E-state index in [-0.39, 0.29) is 18.8 Å². The molecule has 0 aromatic carbocycles.